The number of rotatable bonds is 4. The number of halogens is 2. The fraction of sp³-hybridized carbons (Fsp3) is 0. The van der Waals surface area contributed by atoms with Crippen molar-refractivity contribution in [2.75, 3.05) is 16.4 Å². The number of nitrogens with two attached hydrogens (primary N) is 1. The number of anilines is 3. The molecule has 8 heteroatoms. The average Bonchev–Trinajstić information content (AvgIpc) is 2.53. The minimum atomic E-state index is -0.596. The molecular weight excluding hydrogens is 337 g/mol. The van der Waals surface area contributed by atoms with Gasteiger partial charge < -0.3 is 16.4 Å². The molecule has 0 unspecified atom stereocenters. The minimum Gasteiger partial charge on any atom is -0.398 e. The lowest BCUT2D eigenvalue weighted by Gasteiger charge is -2.07. The van der Waals surface area contributed by atoms with E-state index in [1.54, 1.807) is 30.3 Å². The third-order valence-corrected chi connectivity index (χ3v) is 3.38. The summed E-state index contributed by atoms with van der Waals surface area (Å²) in [4.78, 5) is 16.0. The highest BCUT2D eigenvalue weighted by Gasteiger charge is 2.10. The SMILES string of the molecule is N#C/C(=C/Nc1cccnc1Cl)C(=O)Nc1ccc(N)c(Cl)c1. The van der Waals surface area contributed by atoms with Crippen LogP contribution in [0.15, 0.2) is 48.3 Å². The number of benzene rings is 1. The molecule has 0 aliphatic carbocycles. The lowest BCUT2D eigenvalue weighted by Crippen LogP contribution is -2.14. The van der Waals surface area contributed by atoms with Gasteiger partial charge >= 0.3 is 0 Å². The summed E-state index contributed by atoms with van der Waals surface area (Å²) in [5, 5.41) is 15.0. The number of carbonyl (C=O) groups excluding carboxylic acids is 1. The molecule has 0 radical (unpaired) electrons. The van der Waals surface area contributed by atoms with Gasteiger partial charge in [0, 0.05) is 18.1 Å². The molecule has 1 aromatic carbocycles. The number of carbonyl (C=O) groups is 1. The molecule has 0 saturated carbocycles. The summed E-state index contributed by atoms with van der Waals surface area (Å²) in [6.07, 6.45) is 2.77. The summed E-state index contributed by atoms with van der Waals surface area (Å²) in [5.74, 6) is -0.596. The molecule has 2 rings (SSSR count). The Morgan fingerprint density at radius 2 is 2.13 bits per heavy atom. The van der Waals surface area contributed by atoms with Gasteiger partial charge in [-0.3, -0.25) is 4.79 Å². The molecule has 4 N–H and O–H groups in total. The fourth-order valence-corrected chi connectivity index (χ4v) is 1.95. The number of nitriles is 1. The number of hydrogen-bond donors (Lipinski definition) is 3. The molecule has 2 aromatic rings. The summed E-state index contributed by atoms with van der Waals surface area (Å²) in [5.41, 5.74) is 6.75. The van der Waals surface area contributed by atoms with Gasteiger partial charge in [-0.05, 0) is 30.3 Å². The van der Waals surface area contributed by atoms with Crippen molar-refractivity contribution in [2.24, 2.45) is 0 Å². The van der Waals surface area contributed by atoms with Crippen LogP contribution in [-0.2, 0) is 4.79 Å². The van der Waals surface area contributed by atoms with Crippen molar-refractivity contribution in [1.82, 2.24) is 4.98 Å². The number of nitrogens with one attached hydrogen (secondary N) is 2. The van der Waals surface area contributed by atoms with Gasteiger partial charge in [0.15, 0.2) is 5.15 Å². The Labute approximate surface area is 142 Å². The molecule has 0 saturated heterocycles. The van der Waals surface area contributed by atoms with Crippen LogP contribution in [0.1, 0.15) is 0 Å². The van der Waals surface area contributed by atoms with Gasteiger partial charge in [0.25, 0.3) is 5.91 Å². The second-order valence-corrected chi connectivity index (χ2v) is 5.11. The van der Waals surface area contributed by atoms with Crippen molar-refractivity contribution in [3.05, 3.63) is 58.5 Å². The van der Waals surface area contributed by atoms with Gasteiger partial charge in [-0.25, -0.2) is 4.98 Å². The van der Waals surface area contributed by atoms with Crippen molar-refractivity contribution >= 4 is 46.2 Å². The maximum absolute atomic E-state index is 12.1. The van der Waals surface area contributed by atoms with E-state index in [0.29, 0.717) is 22.1 Å². The summed E-state index contributed by atoms with van der Waals surface area (Å²) in [6, 6.07) is 9.77. The molecule has 1 heterocycles. The summed E-state index contributed by atoms with van der Waals surface area (Å²) >= 11 is 11.8. The Kier molecular flexibility index (Phi) is 5.41. The summed E-state index contributed by atoms with van der Waals surface area (Å²) in [7, 11) is 0. The van der Waals surface area contributed by atoms with E-state index in [1.807, 2.05) is 0 Å². The number of nitrogens with zero attached hydrogens (tertiary/aromatic N) is 2. The number of amides is 1. The smallest absolute Gasteiger partial charge is 0.267 e. The topological polar surface area (TPSA) is 104 Å². The first-order valence-electron chi connectivity index (χ1n) is 6.35. The summed E-state index contributed by atoms with van der Waals surface area (Å²) in [6.45, 7) is 0. The van der Waals surface area contributed by atoms with Crippen molar-refractivity contribution < 1.29 is 4.79 Å². The highest BCUT2D eigenvalue weighted by atomic mass is 35.5. The Morgan fingerprint density at radius 3 is 2.78 bits per heavy atom. The van der Waals surface area contributed by atoms with Gasteiger partial charge in [0.2, 0.25) is 0 Å². The maximum Gasteiger partial charge on any atom is 0.267 e. The van der Waals surface area contributed by atoms with Crippen LogP contribution in [-0.4, -0.2) is 10.9 Å². The number of aromatic nitrogens is 1. The van der Waals surface area contributed by atoms with E-state index in [1.165, 1.54) is 18.5 Å². The van der Waals surface area contributed by atoms with E-state index in [-0.39, 0.29) is 10.7 Å². The lowest BCUT2D eigenvalue weighted by atomic mass is 10.2. The van der Waals surface area contributed by atoms with E-state index in [0.717, 1.165) is 0 Å². The molecule has 0 fully saturated rings. The first-order chi connectivity index (χ1) is 11.0. The quantitative estimate of drug-likeness (QED) is 0.340. The molecule has 116 valence electrons. The highest BCUT2D eigenvalue weighted by Crippen LogP contribution is 2.23. The van der Waals surface area contributed by atoms with Crippen LogP contribution in [0.2, 0.25) is 10.2 Å². The monoisotopic (exact) mass is 347 g/mol. The standard InChI is InChI=1S/C15H11Cl2N5O/c16-11-6-10(3-4-12(11)19)22-15(23)9(7-18)8-21-13-2-1-5-20-14(13)17/h1-6,8,21H,19H2,(H,22,23)/b9-8-. The normalized spacial score (nSPS) is 10.7. The number of pyridine rings is 1. The van der Waals surface area contributed by atoms with E-state index in [2.05, 4.69) is 15.6 Å². The second kappa shape index (κ2) is 7.49. The predicted molar refractivity (Wildman–Crippen MR) is 91.1 cm³/mol. The van der Waals surface area contributed by atoms with Crippen LogP contribution < -0.4 is 16.4 Å². The molecule has 6 nitrogen and oxygen atoms in total. The molecule has 1 aromatic heterocycles. The molecule has 23 heavy (non-hydrogen) atoms. The number of hydrogen-bond acceptors (Lipinski definition) is 5. The highest BCUT2D eigenvalue weighted by molar-refractivity contribution is 6.33. The average molecular weight is 348 g/mol. The van der Waals surface area contributed by atoms with Crippen LogP contribution in [0.3, 0.4) is 0 Å². The molecule has 0 aliphatic heterocycles. The zero-order valence-corrected chi connectivity index (χ0v) is 13.2. The molecule has 0 bridgehead atoms. The van der Waals surface area contributed by atoms with Gasteiger partial charge in [-0.2, -0.15) is 5.26 Å². The molecule has 0 aliphatic rings. The Balaban J connectivity index is 2.12. The molecule has 0 atom stereocenters. The first-order valence-corrected chi connectivity index (χ1v) is 7.10. The second-order valence-electron chi connectivity index (χ2n) is 4.35. The van der Waals surface area contributed by atoms with E-state index in [9.17, 15) is 4.79 Å². The molecule has 0 spiro atoms. The Hall–Kier alpha value is -2.75. The van der Waals surface area contributed by atoms with Crippen molar-refractivity contribution in [3.8, 4) is 6.07 Å². The van der Waals surface area contributed by atoms with E-state index < -0.39 is 5.91 Å². The largest absolute Gasteiger partial charge is 0.398 e. The predicted octanol–water partition coefficient (Wildman–Crippen LogP) is 3.43. The van der Waals surface area contributed by atoms with E-state index >= 15 is 0 Å². The van der Waals surface area contributed by atoms with Crippen molar-refractivity contribution in [1.29, 1.82) is 5.26 Å². The minimum absolute atomic E-state index is 0.141. The van der Waals surface area contributed by atoms with Crippen LogP contribution >= 0.6 is 23.2 Å². The third kappa shape index (κ3) is 4.36. The maximum atomic E-state index is 12.1. The van der Waals surface area contributed by atoms with E-state index in [4.69, 9.17) is 34.2 Å². The molecular formula is C15H11Cl2N5O. The number of nitrogen functional groups attached to an aromatic ring is 1. The Bertz CT molecular complexity index is 814. The van der Waals surface area contributed by atoms with Gasteiger partial charge in [0.05, 0.1) is 16.4 Å². The molecule has 1 amide bonds. The van der Waals surface area contributed by atoms with Crippen LogP contribution in [0, 0.1) is 11.3 Å². The van der Waals surface area contributed by atoms with Gasteiger partial charge in [0.1, 0.15) is 11.6 Å². The third-order valence-electron chi connectivity index (χ3n) is 2.75. The van der Waals surface area contributed by atoms with Crippen molar-refractivity contribution in [2.45, 2.75) is 0 Å². The van der Waals surface area contributed by atoms with Crippen LogP contribution in [0.5, 0.6) is 0 Å². The Morgan fingerprint density at radius 1 is 1.35 bits per heavy atom. The van der Waals surface area contributed by atoms with Crippen LogP contribution in [0.25, 0.3) is 0 Å². The zero-order valence-electron chi connectivity index (χ0n) is 11.7. The first kappa shape index (κ1) is 16.6. The van der Waals surface area contributed by atoms with Gasteiger partial charge in [-0.1, -0.05) is 23.2 Å². The van der Waals surface area contributed by atoms with Crippen LogP contribution in [0.4, 0.5) is 17.1 Å². The summed E-state index contributed by atoms with van der Waals surface area (Å²) < 4.78 is 0. The van der Waals surface area contributed by atoms with Crippen molar-refractivity contribution in [3.63, 3.8) is 0 Å². The zero-order chi connectivity index (χ0) is 16.8. The van der Waals surface area contributed by atoms with Gasteiger partial charge in [-0.15, -0.1) is 0 Å². The fourth-order valence-electron chi connectivity index (χ4n) is 1.60. The lowest BCUT2D eigenvalue weighted by molar-refractivity contribution is -0.112.